The molecular weight excluding hydrogens is 283 g/mol. The van der Waals surface area contributed by atoms with Gasteiger partial charge in [0.2, 0.25) is 5.91 Å². The molecule has 0 fully saturated rings. The maximum Gasteiger partial charge on any atom is 0.344 e. The SMILES string of the molecule is CNC(=O)CNC(=O)COC(=O)COc1ccccc1F. The van der Waals surface area contributed by atoms with Gasteiger partial charge in [0.05, 0.1) is 6.54 Å². The fourth-order valence-electron chi connectivity index (χ4n) is 1.20. The summed E-state index contributed by atoms with van der Waals surface area (Å²) in [5.74, 6) is -2.52. The smallest absolute Gasteiger partial charge is 0.344 e. The number of carbonyl (C=O) groups is 3. The zero-order valence-corrected chi connectivity index (χ0v) is 11.3. The highest BCUT2D eigenvalue weighted by Crippen LogP contribution is 2.14. The van der Waals surface area contributed by atoms with E-state index in [1.54, 1.807) is 6.07 Å². The Bertz CT molecular complexity index is 521. The maximum absolute atomic E-state index is 13.2. The number of esters is 1. The maximum atomic E-state index is 13.2. The molecule has 0 aliphatic rings. The van der Waals surface area contributed by atoms with Gasteiger partial charge in [0.1, 0.15) is 0 Å². The zero-order valence-electron chi connectivity index (χ0n) is 11.3. The first-order valence-corrected chi connectivity index (χ1v) is 6.03. The number of benzene rings is 1. The fraction of sp³-hybridized carbons (Fsp3) is 0.308. The van der Waals surface area contributed by atoms with Crippen LogP contribution in [0.3, 0.4) is 0 Å². The van der Waals surface area contributed by atoms with Gasteiger partial charge >= 0.3 is 5.97 Å². The Morgan fingerprint density at radius 3 is 2.52 bits per heavy atom. The van der Waals surface area contributed by atoms with E-state index in [0.717, 1.165) is 0 Å². The summed E-state index contributed by atoms with van der Waals surface area (Å²) < 4.78 is 22.7. The lowest BCUT2D eigenvalue weighted by Gasteiger charge is -2.08. The molecule has 1 rings (SSSR count). The van der Waals surface area contributed by atoms with Crippen molar-refractivity contribution >= 4 is 17.8 Å². The minimum atomic E-state index is -0.826. The number of hydrogen-bond acceptors (Lipinski definition) is 5. The van der Waals surface area contributed by atoms with E-state index in [1.165, 1.54) is 25.2 Å². The summed E-state index contributed by atoms with van der Waals surface area (Å²) in [7, 11) is 1.43. The van der Waals surface area contributed by atoms with E-state index in [0.29, 0.717) is 0 Å². The lowest BCUT2D eigenvalue weighted by Crippen LogP contribution is -2.37. The Labute approximate surface area is 120 Å². The second kappa shape index (κ2) is 8.51. The first-order chi connectivity index (χ1) is 10.0. The van der Waals surface area contributed by atoms with Crippen molar-refractivity contribution in [2.75, 3.05) is 26.8 Å². The normalized spacial score (nSPS) is 9.62. The molecule has 0 atom stereocenters. The second-order valence-corrected chi connectivity index (χ2v) is 3.83. The largest absolute Gasteiger partial charge is 0.479 e. The van der Waals surface area contributed by atoms with Gasteiger partial charge in [-0.25, -0.2) is 9.18 Å². The van der Waals surface area contributed by atoms with Crippen LogP contribution in [-0.4, -0.2) is 44.6 Å². The Morgan fingerprint density at radius 2 is 1.86 bits per heavy atom. The van der Waals surface area contributed by atoms with Gasteiger partial charge in [0.15, 0.2) is 24.8 Å². The predicted molar refractivity (Wildman–Crippen MR) is 69.9 cm³/mol. The summed E-state index contributed by atoms with van der Waals surface area (Å²) >= 11 is 0. The molecule has 1 aromatic carbocycles. The van der Waals surface area contributed by atoms with Crippen LogP contribution in [0.2, 0.25) is 0 Å². The van der Waals surface area contributed by atoms with Crippen molar-refractivity contribution in [3.8, 4) is 5.75 Å². The molecule has 2 amide bonds. The van der Waals surface area contributed by atoms with E-state index in [9.17, 15) is 18.8 Å². The third-order valence-electron chi connectivity index (χ3n) is 2.27. The van der Waals surface area contributed by atoms with Crippen molar-refractivity contribution in [3.63, 3.8) is 0 Å². The topological polar surface area (TPSA) is 93.7 Å². The van der Waals surface area contributed by atoms with Gasteiger partial charge in [-0.3, -0.25) is 9.59 Å². The molecule has 0 aliphatic carbocycles. The Balaban J connectivity index is 2.24. The molecular formula is C13H15FN2O5. The number of amides is 2. The summed E-state index contributed by atoms with van der Waals surface area (Å²) in [6, 6.07) is 5.58. The van der Waals surface area contributed by atoms with Gasteiger partial charge in [0, 0.05) is 7.05 Å². The van der Waals surface area contributed by atoms with E-state index in [2.05, 4.69) is 15.4 Å². The van der Waals surface area contributed by atoms with Crippen LogP contribution >= 0.6 is 0 Å². The van der Waals surface area contributed by atoms with Crippen molar-refractivity contribution in [1.82, 2.24) is 10.6 Å². The van der Waals surface area contributed by atoms with E-state index < -0.39 is 30.9 Å². The number of nitrogens with one attached hydrogen (secondary N) is 2. The molecule has 0 radical (unpaired) electrons. The summed E-state index contributed by atoms with van der Waals surface area (Å²) in [5.41, 5.74) is 0. The second-order valence-electron chi connectivity index (χ2n) is 3.83. The molecule has 0 saturated heterocycles. The number of carbonyl (C=O) groups excluding carboxylic acids is 3. The lowest BCUT2D eigenvalue weighted by atomic mass is 10.3. The fourth-order valence-corrected chi connectivity index (χ4v) is 1.20. The van der Waals surface area contributed by atoms with Crippen LogP contribution in [0.25, 0.3) is 0 Å². The Kier molecular flexibility index (Phi) is 6.66. The predicted octanol–water partition coefficient (Wildman–Crippen LogP) is -0.390. The molecule has 0 saturated carbocycles. The van der Waals surface area contributed by atoms with E-state index >= 15 is 0 Å². The van der Waals surface area contributed by atoms with Gasteiger partial charge in [-0.05, 0) is 12.1 Å². The zero-order chi connectivity index (χ0) is 15.7. The van der Waals surface area contributed by atoms with Gasteiger partial charge < -0.3 is 20.1 Å². The van der Waals surface area contributed by atoms with Crippen molar-refractivity contribution in [1.29, 1.82) is 0 Å². The average molecular weight is 298 g/mol. The highest BCUT2D eigenvalue weighted by molar-refractivity contribution is 5.86. The number of hydrogen-bond donors (Lipinski definition) is 2. The van der Waals surface area contributed by atoms with Crippen LogP contribution in [0, 0.1) is 5.82 Å². The first kappa shape index (κ1) is 16.4. The third kappa shape index (κ3) is 6.37. The molecule has 8 heteroatoms. The molecule has 7 nitrogen and oxygen atoms in total. The van der Waals surface area contributed by atoms with E-state index in [1.807, 2.05) is 0 Å². The molecule has 0 heterocycles. The summed E-state index contributed by atoms with van der Waals surface area (Å²) in [5, 5.41) is 4.55. The number of halogens is 1. The minimum absolute atomic E-state index is 0.0847. The van der Waals surface area contributed by atoms with Crippen LogP contribution in [-0.2, 0) is 19.1 Å². The van der Waals surface area contributed by atoms with Gasteiger partial charge in [-0.1, -0.05) is 12.1 Å². The molecule has 1 aromatic rings. The first-order valence-electron chi connectivity index (χ1n) is 6.03. The number of para-hydroxylation sites is 1. The molecule has 0 aromatic heterocycles. The van der Waals surface area contributed by atoms with Crippen molar-refractivity contribution < 1.29 is 28.2 Å². The van der Waals surface area contributed by atoms with Crippen LogP contribution in [0.1, 0.15) is 0 Å². The molecule has 0 aliphatic heterocycles. The summed E-state index contributed by atoms with van der Waals surface area (Å²) in [6.07, 6.45) is 0. The van der Waals surface area contributed by atoms with Gasteiger partial charge in [-0.2, -0.15) is 0 Å². The van der Waals surface area contributed by atoms with E-state index in [-0.39, 0.29) is 18.2 Å². The van der Waals surface area contributed by atoms with Crippen LogP contribution < -0.4 is 15.4 Å². The minimum Gasteiger partial charge on any atom is -0.479 e. The Hall–Kier alpha value is -2.64. The van der Waals surface area contributed by atoms with Crippen LogP contribution in [0.4, 0.5) is 4.39 Å². The molecule has 21 heavy (non-hydrogen) atoms. The molecule has 114 valence electrons. The van der Waals surface area contributed by atoms with Crippen molar-refractivity contribution in [2.45, 2.75) is 0 Å². The molecule has 2 N–H and O–H groups in total. The number of ether oxygens (including phenoxy) is 2. The van der Waals surface area contributed by atoms with Crippen LogP contribution in [0.15, 0.2) is 24.3 Å². The standard InChI is InChI=1S/C13H15FN2O5/c1-15-11(17)6-16-12(18)7-21-13(19)8-20-10-5-3-2-4-9(10)14/h2-5H,6-8H2,1H3,(H,15,17)(H,16,18). The van der Waals surface area contributed by atoms with E-state index in [4.69, 9.17) is 4.74 Å². The highest BCUT2D eigenvalue weighted by atomic mass is 19.1. The summed E-state index contributed by atoms with van der Waals surface area (Å²) in [4.78, 5) is 33.4. The third-order valence-corrected chi connectivity index (χ3v) is 2.27. The van der Waals surface area contributed by atoms with Gasteiger partial charge in [0.25, 0.3) is 5.91 Å². The lowest BCUT2D eigenvalue weighted by molar-refractivity contribution is -0.150. The molecule has 0 bridgehead atoms. The number of likely N-dealkylation sites (N-methyl/N-ethyl adjacent to an activating group) is 1. The number of rotatable bonds is 7. The monoisotopic (exact) mass is 298 g/mol. The quantitative estimate of drug-likeness (QED) is 0.669. The van der Waals surface area contributed by atoms with Crippen molar-refractivity contribution in [3.05, 3.63) is 30.1 Å². The van der Waals surface area contributed by atoms with Gasteiger partial charge in [-0.15, -0.1) is 0 Å². The average Bonchev–Trinajstić information content (AvgIpc) is 2.49. The Morgan fingerprint density at radius 1 is 1.14 bits per heavy atom. The summed E-state index contributed by atoms with van der Waals surface area (Å²) in [6.45, 7) is -1.28. The van der Waals surface area contributed by atoms with Crippen molar-refractivity contribution in [2.24, 2.45) is 0 Å². The highest BCUT2D eigenvalue weighted by Gasteiger charge is 2.10. The van der Waals surface area contributed by atoms with Crippen LogP contribution in [0.5, 0.6) is 5.75 Å². The molecule has 0 unspecified atom stereocenters. The molecule has 0 spiro atoms.